The molecule has 22 heavy (non-hydrogen) atoms. The van der Waals surface area contributed by atoms with E-state index in [2.05, 4.69) is 0 Å². The van der Waals surface area contributed by atoms with Crippen molar-refractivity contribution in [3.63, 3.8) is 0 Å². The van der Waals surface area contributed by atoms with E-state index in [1.807, 2.05) is 19.1 Å². The number of anilines is 1. The van der Waals surface area contributed by atoms with Crippen LogP contribution in [-0.2, 0) is 4.74 Å². The molecule has 0 saturated carbocycles. The van der Waals surface area contributed by atoms with Crippen molar-refractivity contribution in [2.75, 3.05) is 25.2 Å². The van der Waals surface area contributed by atoms with Crippen LogP contribution in [0.3, 0.4) is 0 Å². The van der Waals surface area contributed by atoms with Gasteiger partial charge in [0.1, 0.15) is 12.1 Å². The van der Waals surface area contributed by atoms with Crippen LogP contribution in [0.25, 0.3) is 0 Å². The number of allylic oxidation sites excluding steroid dienone is 1. The standard InChI is InChI=1S/C15H16N4O3/c1-3-7-22-11-15(12(9-16)10-17)18(2)13-5-4-6-14(8-13)19(20)21/h4-6,8H,3,7,11H2,1-2H3. The number of hydrogen-bond acceptors (Lipinski definition) is 6. The predicted octanol–water partition coefficient (Wildman–Crippen LogP) is 2.76. The average molecular weight is 300 g/mol. The van der Waals surface area contributed by atoms with E-state index in [1.54, 1.807) is 24.1 Å². The molecule has 0 bridgehead atoms. The van der Waals surface area contributed by atoms with Crippen molar-refractivity contribution in [2.24, 2.45) is 0 Å². The minimum absolute atomic E-state index is 0.0614. The molecule has 0 amide bonds. The maximum Gasteiger partial charge on any atom is 0.271 e. The number of benzene rings is 1. The van der Waals surface area contributed by atoms with Gasteiger partial charge in [0.25, 0.3) is 5.69 Å². The topological polar surface area (TPSA) is 103 Å². The summed E-state index contributed by atoms with van der Waals surface area (Å²) in [6, 6.07) is 9.63. The second kappa shape index (κ2) is 8.40. The highest BCUT2D eigenvalue weighted by molar-refractivity contribution is 5.59. The van der Waals surface area contributed by atoms with Gasteiger partial charge in [-0.15, -0.1) is 0 Å². The minimum Gasteiger partial charge on any atom is -0.375 e. The molecule has 0 aliphatic rings. The number of rotatable bonds is 7. The lowest BCUT2D eigenvalue weighted by atomic mass is 10.2. The van der Waals surface area contributed by atoms with E-state index in [1.165, 1.54) is 12.1 Å². The summed E-state index contributed by atoms with van der Waals surface area (Å²) >= 11 is 0. The molecule has 1 aromatic carbocycles. The second-order valence-electron chi connectivity index (χ2n) is 4.43. The molecule has 0 aliphatic heterocycles. The number of ether oxygens (including phenoxy) is 1. The normalized spacial score (nSPS) is 9.45. The van der Waals surface area contributed by atoms with Crippen LogP contribution in [0.1, 0.15) is 13.3 Å². The smallest absolute Gasteiger partial charge is 0.271 e. The highest BCUT2D eigenvalue weighted by Crippen LogP contribution is 2.24. The lowest BCUT2D eigenvalue weighted by Crippen LogP contribution is -2.22. The van der Waals surface area contributed by atoms with E-state index in [9.17, 15) is 10.1 Å². The van der Waals surface area contributed by atoms with Gasteiger partial charge < -0.3 is 9.64 Å². The van der Waals surface area contributed by atoms with Crippen LogP contribution in [0.4, 0.5) is 11.4 Å². The lowest BCUT2D eigenvalue weighted by molar-refractivity contribution is -0.384. The van der Waals surface area contributed by atoms with Crippen molar-refractivity contribution in [1.82, 2.24) is 0 Å². The monoisotopic (exact) mass is 300 g/mol. The highest BCUT2D eigenvalue weighted by atomic mass is 16.6. The van der Waals surface area contributed by atoms with Crippen molar-refractivity contribution >= 4 is 11.4 Å². The van der Waals surface area contributed by atoms with Crippen LogP contribution in [0.15, 0.2) is 35.5 Å². The van der Waals surface area contributed by atoms with E-state index in [0.29, 0.717) is 18.0 Å². The van der Waals surface area contributed by atoms with E-state index >= 15 is 0 Å². The number of non-ortho nitro benzene ring substituents is 1. The molecular formula is C15H16N4O3. The molecule has 114 valence electrons. The van der Waals surface area contributed by atoms with Gasteiger partial charge >= 0.3 is 0 Å². The zero-order valence-corrected chi connectivity index (χ0v) is 12.4. The van der Waals surface area contributed by atoms with Crippen LogP contribution in [-0.4, -0.2) is 25.2 Å². The summed E-state index contributed by atoms with van der Waals surface area (Å²) in [5.74, 6) is 0. The van der Waals surface area contributed by atoms with Crippen LogP contribution in [0, 0.1) is 32.8 Å². The lowest BCUT2D eigenvalue weighted by Gasteiger charge is -2.22. The Morgan fingerprint density at radius 2 is 2.09 bits per heavy atom. The fourth-order valence-corrected chi connectivity index (χ4v) is 1.77. The number of nitriles is 2. The molecule has 0 unspecified atom stereocenters. The molecule has 0 N–H and O–H groups in total. The molecule has 0 aromatic heterocycles. The zero-order chi connectivity index (χ0) is 16.5. The Labute approximate surface area is 128 Å². The third kappa shape index (κ3) is 4.30. The third-order valence-corrected chi connectivity index (χ3v) is 2.93. The van der Waals surface area contributed by atoms with E-state index in [4.69, 9.17) is 15.3 Å². The fraction of sp³-hybridized carbons (Fsp3) is 0.333. The molecule has 1 rings (SSSR count). The maximum absolute atomic E-state index is 10.8. The first-order chi connectivity index (χ1) is 10.5. The van der Waals surface area contributed by atoms with E-state index in [-0.39, 0.29) is 17.9 Å². The molecule has 1 aromatic rings. The summed E-state index contributed by atoms with van der Waals surface area (Å²) in [6.45, 7) is 2.53. The van der Waals surface area contributed by atoms with Gasteiger partial charge in [0.15, 0.2) is 5.57 Å². The summed E-state index contributed by atoms with van der Waals surface area (Å²) in [6.07, 6.45) is 0.808. The Hall–Kier alpha value is -2.90. The van der Waals surface area contributed by atoms with Gasteiger partial charge in [-0.2, -0.15) is 10.5 Å². The molecule has 0 spiro atoms. The van der Waals surface area contributed by atoms with Crippen LogP contribution in [0.5, 0.6) is 0 Å². The summed E-state index contributed by atoms with van der Waals surface area (Å²) < 4.78 is 5.41. The van der Waals surface area contributed by atoms with Gasteiger partial charge in [0.2, 0.25) is 0 Å². The molecule has 7 nitrogen and oxygen atoms in total. The highest BCUT2D eigenvalue weighted by Gasteiger charge is 2.16. The van der Waals surface area contributed by atoms with Crippen molar-refractivity contribution in [3.8, 4) is 12.1 Å². The summed E-state index contributed by atoms with van der Waals surface area (Å²) in [7, 11) is 1.64. The number of nitro groups is 1. The molecule has 0 saturated heterocycles. The number of likely N-dealkylation sites (N-methyl/N-ethyl adjacent to an activating group) is 1. The number of nitrogens with zero attached hydrogens (tertiary/aromatic N) is 4. The van der Waals surface area contributed by atoms with Gasteiger partial charge in [0.05, 0.1) is 17.2 Å². The first-order valence-electron chi connectivity index (χ1n) is 6.64. The molecule has 0 fully saturated rings. The minimum atomic E-state index is -0.496. The zero-order valence-electron chi connectivity index (χ0n) is 12.4. The molecule has 0 radical (unpaired) electrons. The van der Waals surface area contributed by atoms with Crippen LogP contribution < -0.4 is 4.90 Å². The van der Waals surface area contributed by atoms with Gasteiger partial charge in [-0.25, -0.2) is 0 Å². The second-order valence-corrected chi connectivity index (χ2v) is 4.43. The van der Waals surface area contributed by atoms with Crippen LogP contribution >= 0.6 is 0 Å². The summed E-state index contributed by atoms with van der Waals surface area (Å²) in [5, 5.41) is 29.0. The van der Waals surface area contributed by atoms with Crippen LogP contribution in [0.2, 0.25) is 0 Å². The van der Waals surface area contributed by atoms with Gasteiger partial charge in [0, 0.05) is 31.5 Å². The molecule has 0 aliphatic carbocycles. The van der Waals surface area contributed by atoms with Gasteiger partial charge in [-0.05, 0) is 12.5 Å². The Morgan fingerprint density at radius 3 is 2.64 bits per heavy atom. The quantitative estimate of drug-likeness (QED) is 0.332. The fourth-order valence-electron chi connectivity index (χ4n) is 1.77. The van der Waals surface area contributed by atoms with Crippen molar-refractivity contribution in [1.29, 1.82) is 10.5 Å². The predicted molar refractivity (Wildman–Crippen MR) is 80.9 cm³/mol. The van der Waals surface area contributed by atoms with Gasteiger partial charge in [-0.3, -0.25) is 10.1 Å². The van der Waals surface area contributed by atoms with E-state index < -0.39 is 4.92 Å². The van der Waals surface area contributed by atoms with Crippen molar-refractivity contribution in [3.05, 3.63) is 45.6 Å². The van der Waals surface area contributed by atoms with Gasteiger partial charge in [-0.1, -0.05) is 13.0 Å². The SMILES string of the molecule is CCCOCC(=C(C#N)C#N)N(C)c1cccc([N+](=O)[O-])c1. The van der Waals surface area contributed by atoms with E-state index in [0.717, 1.165) is 6.42 Å². The Morgan fingerprint density at radius 1 is 1.41 bits per heavy atom. The number of nitro benzene ring substituents is 1. The molecule has 7 heteroatoms. The first-order valence-corrected chi connectivity index (χ1v) is 6.64. The Balaban J connectivity index is 3.17. The average Bonchev–Trinajstić information content (AvgIpc) is 2.54. The molecular weight excluding hydrogens is 284 g/mol. The molecule has 0 heterocycles. The van der Waals surface area contributed by atoms with Crippen molar-refractivity contribution in [2.45, 2.75) is 13.3 Å². The summed E-state index contributed by atoms with van der Waals surface area (Å²) in [5.41, 5.74) is 0.741. The first kappa shape index (κ1) is 17.2. The summed E-state index contributed by atoms with van der Waals surface area (Å²) in [4.78, 5) is 11.9. The Kier molecular flexibility index (Phi) is 6.55. The molecule has 0 atom stereocenters. The number of hydrogen-bond donors (Lipinski definition) is 0. The van der Waals surface area contributed by atoms with Crippen molar-refractivity contribution < 1.29 is 9.66 Å². The third-order valence-electron chi connectivity index (χ3n) is 2.93. The largest absolute Gasteiger partial charge is 0.375 e. The maximum atomic E-state index is 10.8. The Bertz CT molecular complexity index is 639.